The molecule has 8 rings (SSSR count). The van der Waals surface area contributed by atoms with Crippen molar-refractivity contribution < 1.29 is 4.42 Å². The molecule has 0 radical (unpaired) electrons. The summed E-state index contributed by atoms with van der Waals surface area (Å²) in [5.41, 5.74) is 11.4. The quantitative estimate of drug-likeness (QED) is 0.206. The number of benzene rings is 6. The topological polar surface area (TPSA) is 31.0 Å². The van der Waals surface area contributed by atoms with Crippen molar-refractivity contribution in [3.8, 4) is 28.2 Å². The van der Waals surface area contributed by atoms with Crippen LogP contribution in [0.25, 0.3) is 71.9 Å². The summed E-state index contributed by atoms with van der Waals surface area (Å²) in [6, 6.07) is 43.3. The third-order valence-electron chi connectivity index (χ3n) is 8.92. The summed E-state index contributed by atoms with van der Waals surface area (Å²) in [4.78, 5) is 5.29. The molecule has 0 amide bonds. The minimum atomic E-state index is 0.314. The Morgan fingerprint density at radius 2 is 1.27 bits per heavy atom. The van der Waals surface area contributed by atoms with Gasteiger partial charge in [0.05, 0.1) is 16.7 Å². The minimum absolute atomic E-state index is 0.314. The zero-order valence-corrected chi connectivity index (χ0v) is 25.5. The van der Waals surface area contributed by atoms with Crippen LogP contribution in [-0.2, 0) is 0 Å². The first-order valence-corrected chi connectivity index (χ1v) is 15.5. The number of furan rings is 1. The van der Waals surface area contributed by atoms with Crippen molar-refractivity contribution in [2.24, 2.45) is 0 Å². The molecule has 0 aliphatic carbocycles. The predicted octanol–water partition coefficient (Wildman–Crippen LogP) is 11.7. The fourth-order valence-electron chi connectivity index (χ4n) is 6.71. The molecule has 3 heteroatoms. The van der Waals surface area contributed by atoms with Gasteiger partial charge in [-0.2, -0.15) is 0 Å². The summed E-state index contributed by atoms with van der Waals surface area (Å²) in [7, 11) is 0. The molecule has 8 aromatic rings. The van der Waals surface area contributed by atoms with Gasteiger partial charge < -0.3 is 4.42 Å². The molecular weight excluding hydrogens is 536 g/mol. The number of aromatic nitrogens is 2. The number of para-hydroxylation sites is 2. The van der Waals surface area contributed by atoms with Crippen LogP contribution >= 0.6 is 0 Å². The van der Waals surface area contributed by atoms with Crippen LogP contribution in [0.5, 0.6) is 0 Å². The largest absolute Gasteiger partial charge is 0.455 e. The number of hydrogen-bond donors (Lipinski definition) is 0. The minimum Gasteiger partial charge on any atom is -0.455 e. The van der Waals surface area contributed by atoms with E-state index in [0.29, 0.717) is 11.8 Å². The van der Waals surface area contributed by atoms with Crippen molar-refractivity contribution in [1.29, 1.82) is 0 Å². The monoisotopic (exact) mass is 570 g/mol. The molecule has 0 aliphatic heterocycles. The first-order chi connectivity index (χ1) is 21.5. The molecule has 0 spiro atoms. The molecular formula is C41H34N2O. The molecule has 0 atom stereocenters. The van der Waals surface area contributed by atoms with Gasteiger partial charge in [0.2, 0.25) is 0 Å². The van der Waals surface area contributed by atoms with Crippen LogP contribution in [0.4, 0.5) is 0 Å². The average Bonchev–Trinajstić information content (AvgIpc) is 3.63. The van der Waals surface area contributed by atoms with Crippen molar-refractivity contribution in [2.45, 2.75) is 39.5 Å². The summed E-state index contributed by atoms with van der Waals surface area (Å²) in [5.74, 6) is 1.57. The van der Waals surface area contributed by atoms with Crippen LogP contribution in [0.15, 0.2) is 126 Å². The van der Waals surface area contributed by atoms with Crippen molar-refractivity contribution in [3.05, 3.63) is 132 Å². The lowest BCUT2D eigenvalue weighted by atomic mass is 9.88. The van der Waals surface area contributed by atoms with E-state index in [1.165, 1.54) is 33.3 Å². The van der Waals surface area contributed by atoms with Crippen LogP contribution in [0.1, 0.15) is 50.7 Å². The Labute approximate surface area is 257 Å². The van der Waals surface area contributed by atoms with Gasteiger partial charge >= 0.3 is 0 Å². The van der Waals surface area contributed by atoms with E-state index in [1.54, 1.807) is 0 Å². The second-order valence-corrected chi connectivity index (χ2v) is 12.4. The maximum absolute atomic E-state index is 6.46. The Morgan fingerprint density at radius 3 is 2.05 bits per heavy atom. The SMILES string of the molecule is CC(C)c1cc(-c2ccccc2)cc(C(C)C)c1-n1c(-c2ccc3oc4c5ccccc5ccc4c3c2)nc2ccccc21. The Morgan fingerprint density at radius 1 is 0.568 bits per heavy atom. The van der Waals surface area contributed by atoms with E-state index < -0.39 is 0 Å². The third-order valence-corrected chi connectivity index (χ3v) is 8.92. The van der Waals surface area contributed by atoms with Crippen molar-refractivity contribution in [3.63, 3.8) is 0 Å². The van der Waals surface area contributed by atoms with Gasteiger partial charge in [-0.15, -0.1) is 0 Å². The van der Waals surface area contributed by atoms with E-state index in [2.05, 4.69) is 154 Å². The van der Waals surface area contributed by atoms with Gasteiger partial charge in [-0.3, -0.25) is 4.57 Å². The standard InChI is InChI=1S/C41H34N2O/c1-25(2)33-23-30(27-12-6-5-7-13-27)24-34(26(3)4)39(33)43-37-17-11-10-16-36(37)42-41(43)29-19-21-38-35(22-29)32-20-18-28-14-8-9-15-31(28)40(32)44-38/h5-26H,1-4H3. The number of imidazole rings is 1. The fourth-order valence-corrected chi connectivity index (χ4v) is 6.71. The Kier molecular flexibility index (Phi) is 6.16. The maximum Gasteiger partial charge on any atom is 0.145 e. The van der Waals surface area contributed by atoms with E-state index in [-0.39, 0.29) is 0 Å². The number of hydrogen-bond acceptors (Lipinski definition) is 2. The van der Waals surface area contributed by atoms with Gasteiger partial charge in [0.25, 0.3) is 0 Å². The van der Waals surface area contributed by atoms with E-state index in [0.717, 1.165) is 49.7 Å². The zero-order chi connectivity index (χ0) is 29.9. The maximum atomic E-state index is 6.46. The molecule has 0 saturated heterocycles. The van der Waals surface area contributed by atoms with Gasteiger partial charge in [-0.25, -0.2) is 4.98 Å². The molecule has 6 aromatic carbocycles. The van der Waals surface area contributed by atoms with E-state index in [1.807, 2.05) is 0 Å². The second kappa shape index (κ2) is 10.2. The summed E-state index contributed by atoms with van der Waals surface area (Å²) < 4.78 is 8.87. The lowest BCUT2D eigenvalue weighted by Gasteiger charge is -2.24. The van der Waals surface area contributed by atoms with E-state index in [4.69, 9.17) is 9.40 Å². The molecule has 0 unspecified atom stereocenters. The fraction of sp³-hybridized carbons (Fsp3) is 0.146. The van der Waals surface area contributed by atoms with Crippen molar-refractivity contribution in [2.75, 3.05) is 0 Å². The Balaban J connectivity index is 1.42. The normalized spacial score (nSPS) is 12.0. The average molecular weight is 571 g/mol. The van der Waals surface area contributed by atoms with Gasteiger partial charge in [-0.1, -0.05) is 100 Å². The van der Waals surface area contributed by atoms with Gasteiger partial charge in [0.15, 0.2) is 0 Å². The van der Waals surface area contributed by atoms with Gasteiger partial charge in [-0.05, 0) is 88.0 Å². The highest BCUT2D eigenvalue weighted by molar-refractivity contribution is 6.15. The number of nitrogens with zero attached hydrogens (tertiary/aromatic N) is 2. The molecule has 44 heavy (non-hydrogen) atoms. The van der Waals surface area contributed by atoms with Gasteiger partial charge in [0.1, 0.15) is 17.0 Å². The molecule has 3 nitrogen and oxygen atoms in total. The molecule has 2 aromatic heterocycles. The van der Waals surface area contributed by atoms with Crippen molar-refractivity contribution >= 4 is 43.7 Å². The highest BCUT2D eigenvalue weighted by atomic mass is 16.3. The lowest BCUT2D eigenvalue weighted by Crippen LogP contribution is -2.09. The van der Waals surface area contributed by atoms with E-state index in [9.17, 15) is 0 Å². The predicted molar refractivity (Wildman–Crippen MR) is 185 cm³/mol. The molecule has 0 aliphatic rings. The molecule has 2 heterocycles. The first-order valence-electron chi connectivity index (χ1n) is 15.5. The van der Waals surface area contributed by atoms with Crippen LogP contribution in [0.3, 0.4) is 0 Å². The summed E-state index contributed by atoms with van der Waals surface area (Å²) in [6.45, 7) is 9.18. The molecule has 0 bridgehead atoms. The van der Waals surface area contributed by atoms with E-state index >= 15 is 0 Å². The molecule has 0 fully saturated rings. The smallest absolute Gasteiger partial charge is 0.145 e. The van der Waals surface area contributed by atoms with Crippen LogP contribution in [-0.4, -0.2) is 9.55 Å². The lowest BCUT2D eigenvalue weighted by molar-refractivity contribution is 0.672. The Hall–Kier alpha value is -5.15. The van der Waals surface area contributed by atoms with Crippen LogP contribution in [0.2, 0.25) is 0 Å². The zero-order valence-electron chi connectivity index (χ0n) is 25.5. The number of rotatable bonds is 5. The molecule has 214 valence electrons. The first kappa shape index (κ1) is 26.5. The highest BCUT2D eigenvalue weighted by Crippen LogP contribution is 2.41. The molecule has 0 saturated carbocycles. The highest BCUT2D eigenvalue weighted by Gasteiger charge is 2.24. The Bertz CT molecular complexity index is 2310. The summed E-state index contributed by atoms with van der Waals surface area (Å²) in [6.07, 6.45) is 0. The second-order valence-electron chi connectivity index (χ2n) is 12.4. The summed E-state index contributed by atoms with van der Waals surface area (Å²) in [5, 5.41) is 4.55. The van der Waals surface area contributed by atoms with Gasteiger partial charge in [0, 0.05) is 21.7 Å². The van der Waals surface area contributed by atoms with Crippen LogP contribution < -0.4 is 0 Å². The third kappa shape index (κ3) is 4.15. The van der Waals surface area contributed by atoms with Crippen molar-refractivity contribution in [1.82, 2.24) is 9.55 Å². The number of fused-ring (bicyclic) bond motifs is 6. The van der Waals surface area contributed by atoms with Crippen LogP contribution in [0, 0.1) is 0 Å². The summed E-state index contributed by atoms with van der Waals surface area (Å²) >= 11 is 0. The molecule has 0 N–H and O–H groups in total.